The molecule has 0 fully saturated rings. The fraction of sp³-hybridized carbons (Fsp3) is 0.0833. The Kier molecular flexibility index (Phi) is 2.37. The maximum atomic E-state index is 2.34. The van der Waals surface area contributed by atoms with Crippen LogP contribution in [0.4, 0.5) is 0 Å². The molecule has 0 spiro atoms. The van der Waals surface area contributed by atoms with Gasteiger partial charge in [-0.25, -0.2) is 0 Å². The molecule has 2 aromatic rings. The molecular weight excluding hydrogens is 172 g/mol. The molecule has 1 heterocycles. The van der Waals surface area contributed by atoms with Crippen LogP contribution in [-0.2, 0) is 0 Å². The molecular formula is C12H12Si. The first-order valence-corrected chi connectivity index (χ1v) is 6.07. The molecule has 0 radical (unpaired) electrons. The lowest BCUT2D eigenvalue weighted by molar-refractivity contribution is 1.57. The fourth-order valence-corrected chi connectivity index (χ4v) is 3.56. The highest BCUT2D eigenvalue weighted by atomic mass is 28.2. The molecule has 64 valence electrons. The monoisotopic (exact) mass is 184 g/mol. The Balaban J connectivity index is 2.54. The topological polar surface area (TPSA) is 0 Å². The van der Waals surface area contributed by atoms with E-state index in [2.05, 4.69) is 61.1 Å². The Morgan fingerprint density at radius 2 is 1.54 bits per heavy atom. The Labute approximate surface area is 80.4 Å². The van der Waals surface area contributed by atoms with Gasteiger partial charge in [0.05, 0.1) is 8.40 Å². The summed E-state index contributed by atoms with van der Waals surface area (Å²) in [5.41, 5.74) is 2.34. The Morgan fingerprint density at radius 1 is 0.846 bits per heavy atom. The van der Waals surface area contributed by atoms with E-state index in [9.17, 15) is 0 Å². The highest BCUT2D eigenvalue weighted by Gasteiger charge is 1.99. The fourth-order valence-electron chi connectivity index (χ4n) is 1.51. The molecule has 0 aliphatic heterocycles. The van der Waals surface area contributed by atoms with Gasteiger partial charge in [-0.3, -0.25) is 0 Å². The molecule has 0 aliphatic rings. The zero-order valence-corrected chi connectivity index (χ0v) is 8.70. The van der Waals surface area contributed by atoms with Crippen molar-refractivity contribution in [2.75, 3.05) is 0 Å². The van der Waals surface area contributed by atoms with Crippen LogP contribution < -0.4 is 0 Å². The summed E-state index contributed by atoms with van der Waals surface area (Å²) in [6.45, 7) is 2.22. The van der Waals surface area contributed by atoms with Crippen molar-refractivity contribution in [1.82, 2.24) is 0 Å². The number of aryl methyl sites for hydroxylation is 1. The average Bonchev–Trinajstić information content (AvgIpc) is 2.20. The summed E-state index contributed by atoms with van der Waals surface area (Å²) >= 11 is 0. The summed E-state index contributed by atoms with van der Waals surface area (Å²) in [6.07, 6.45) is 0. The summed E-state index contributed by atoms with van der Waals surface area (Å²) in [5.74, 6) is 0. The number of rotatable bonds is 1. The van der Waals surface area contributed by atoms with Crippen LogP contribution >= 0.6 is 0 Å². The van der Waals surface area contributed by atoms with Gasteiger partial charge in [-0.15, -0.1) is 0 Å². The van der Waals surface area contributed by atoms with Crippen LogP contribution in [0.25, 0.3) is 5.19 Å². The molecule has 1 aromatic carbocycles. The molecule has 0 unspecified atom stereocenters. The molecule has 0 N–H and O–H groups in total. The van der Waals surface area contributed by atoms with Crippen LogP contribution in [0.15, 0.2) is 54.2 Å². The largest absolute Gasteiger partial charge is 0.0755 e. The van der Waals surface area contributed by atoms with Crippen molar-refractivity contribution in [2.24, 2.45) is 0 Å². The second-order valence-electron chi connectivity index (χ2n) is 3.18. The molecule has 0 nitrogen and oxygen atoms in total. The smallest absolute Gasteiger partial charge is 0.0734 e. The Morgan fingerprint density at radius 3 is 2.23 bits per heavy atom. The summed E-state index contributed by atoms with van der Waals surface area (Å²) < 4.78 is 0. The van der Waals surface area contributed by atoms with Crippen molar-refractivity contribution >= 4 is 8.40 Å². The second-order valence-corrected chi connectivity index (χ2v) is 5.71. The Hall–Kier alpha value is -1.21. The van der Waals surface area contributed by atoms with Crippen LogP contribution in [0.2, 0.25) is 0 Å². The van der Waals surface area contributed by atoms with Gasteiger partial charge in [-0.05, 0) is 12.1 Å². The zero-order valence-electron chi connectivity index (χ0n) is 7.70. The van der Waals surface area contributed by atoms with E-state index in [0.29, 0.717) is 0 Å². The van der Waals surface area contributed by atoms with Crippen LogP contribution in [0.5, 0.6) is 0 Å². The molecule has 1 heteroatoms. The Bertz CT molecular complexity index is 393. The number of hydrogen-bond donors (Lipinski definition) is 0. The molecule has 13 heavy (non-hydrogen) atoms. The quantitative estimate of drug-likeness (QED) is 0.598. The summed E-state index contributed by atoms with van der Waals surface area (Å²) in [5, 5.41) is 2.99. The zero-order chi connectivity index (χ0) is 9.10. The molecule has 0 saturated carbocycles. The van der Waals surface area contributed by atoms with Gasteiger partial charge in [-0.2, -0.15) is 0 Å². The molecule has 2 rings (SSSR count). The maximum absolute atomic E-state index is 2.34. The lowest BCUT2D eigenvalue weighted by atomic mass is 10.4. The lowest BCUT2D eigenvalue weighted by Crippen LogP contribution is -1.99. The van der Waals surface area contributed by atoms with Gasteiger partial charge in [0.2, 0.25) is 0 Å². The van der Waals surface area contributed by atoms with Crippen molar-refractivity contribution < 1.29 is 0 Å². The van der Waals surface area contributed by atoms with E-state index >= 15 is 0 Å². The maximum Gasteiger partial charge on any atom is 0.0755 e. The highest BCUT2D eigenvalue weighted by Crippen LogP contribution is 2.08. The molecule has 0 aliphatic carbocycles. The predicted molar refractivity (Wildman–Crippen MR) is 58.5 cm³/mol. The first-order chi connectivity index (χ1) is 6.38. The predicted octanol–water partition coefficient (Wildman–Crippen LogP) is 3.01. The molecule has 0 amide bonds. The average molecular weight is 184 g/mol. The number of hydrogen-bond acceptors (Lipinski definition) is 0. The van der Waals surface area contributed by atoms with Gasteiger partial charge in [0.25, 0.3) is 0 Å². The van der Waals surface area contributed by atoms with Crippen LogP contribution in [-0.4, -0.2) is 8.40 Å². The minimum absolute atomic E-state index is 0.554. The van der Waals surface area contributed by atoms with E-state index < -0.39 is 8.40 Å². The van der Waals surface area contributed by atoms with Gasteiger partial charge < -0.3 is 0 Å². The number of benzene rings is 1. The third kappa shape index (κ3) is 1.75. The summed E-state index contributed by atoms with van der Waals surface area (Å²) in [7, 11) is -0.554. The van der Waals surface area contributed by atoms with Crippen LogP contribution in [0, 0.1) is 6.92 Å². The van der Waals surface area contributed by atoms with Gasteiger partial charge in [0.15, 0.2) is 0 Å². The van der Waals surface area contributed by atoms with Crippen LogP contribution in [0.3, 0.4) is 0 Å². The van der Waals surface area contributed by atoms with Gasteiger partial charge in [0.1, 0.15) is 0 Å². The van der Waals surface area contributed by atoms with E-state index in [4.69, 9.17) is 0 Å². The van der Waals surface area contributed by atoms with Crippen LogP contribution in [0.1, 0.15) is 5.17 Å². The van der Waals surface area contributed by atoms with Crippen molar-refractivity contribution in [1.29, 1.82) is 0 Å². The van der Waals surface area contributed by atoms with E-state index in [1.807, 2.05) is 0 Å². The normalized spacial score (nSPS) is 9.92. The minimum atomic E-state index is -0.554. The summed E-state index contributed by atoms with van der Waals surface area (Å²) in [4.78, 5) is 0. The van der Waals surface area contributed by atoms with Crippen molar-refractivity contribution in [3.63, 3.8) is 0 Å². The van der Waals surface area contributed by atoms with E-state index in [0.717, 1.165) is 0 Å². The third-order valence-electron chi connectivity index (χ3n) is 2.23. The minimum Gasteiger partial charge on any atom is -0.0734 e. The van der Waals surface area contributed by atoms with Crippen molar-refractivity contribution in [3.05, 3.63) is 59.4 Å². The first kappa shape index (κ1) is 8.39. The highest BCUT2D eigenvalue weighted by molar-refractivity contribution is 6.65. The van der Waals surface area contributed by atoms with E-state index in [-0.39, 0.29) is 0 Å². The van der Waals surface area contributed by atoms with Crippen molar-refractivity contribution in [2.45, 2.75) is 6.92 Å². The molecule has 0 atom stereocenters. The first-order valence-electron chi connectivity index (χ1n) is 4.49. The second kappa shape index (κ2) is 3.67. The van der Waals surface area contributed by atoms with Gasteiger partial charge >= 0.3 is 0 Å². The van der Waals surface area contributed by atoms with E-state index in [1.54, 1.807) is 0 Å². The molecule has 1 aromatic heterocycles. The lowest BCUT2D eigenvalue weighted by Gasteiger charge is -2.03. The summed E-state index contributed by atoms with van der Waals surface area (Å²) in [6, 6.07) is 17.3. The van der Waals surface area contributed by atoms with Gasteiger partial charge in [0, 0.05) is 0 Å². The van der Waals surface area contributed by atoms with Gasteiger partial charge in [-0.1, -0.05) is 59.4 Å². The molecule has 0 saturated heterocycles. The molecule has 0 bridgehead atoms. The standard InChI is InChI=1S/C12H12Si/c1-11-7-5-6-10-13(11)12-8-3-2-4-9-12/h2-10H,1H3. The van der Waals surface area contributed by atoms with Crippen molar-refractivity contribution in [3.8, 4) is 5.19 Å². The third-order valence-corrected chi connectivity index (χ3v) is 4.73. The van der Waals surface area contributed by atoms with E-state index in [1.165, 1.54) is 10.4 Å². The SMILES string of the molecule is Cc1cccc[si]1-c1ccccc1.